The molecule has 11 rings (SSSR count). The standard InChI is InChI=1S/C52H33N3S/c1-3-15-34(16-4-1)36-19-13-21-39(31-36)50-53-49(35-17-5-2-6-18-35)54-51(55-50)40-22-14-20-37(32-40)38-29-30-46-48(33-38)56-47-28-12-11-27-45(47)52(46)43-25-9-7-23-41(43)42-24-8-10-26-44(42)52/h1-33H. The third kappa shape index (κ3) is 5.18. The summed E-state index contributed by atoms with van der Waals surface area (Å²) in [4.78, 5) is 17.8. The fraction of sp³-hybridized carbons (Fsp3) is 0.0192. The van der Waals surface area contributed by atoms with Crippen molar-refractivity contribution in [1.29, 1.82) is 0 Å². The number of aromatic nitrogens is 3. The lowest BCUT2D eigenvalue weighted by Gasteiger charge is -2.39. The highest BCUT2D eigenvalue weighted by molar-refractivity contribution is 7.99. The Morgan fingerprint density at radius 2 is 0.714 bits per heavy atom. The SMILES string of the molecule is c1ccc(-c2cccc(-c3nc(-c4ccccc4)nc(-c4cccc(-c5ccc6c(c5)Sc5ccccc5C65c6ccccc6-c6ccccc65)c4)n3)c2)cc1. The molecule has 56 heavy (non-hydrogen) atoms. The van der Waals surface area contributed by atoms with Crippen molar-refractivity contribution in [2.24, 2.45) is 0 Å². The van der Waals surface area contributed by atoms with E-state index in [2.05, 4.69) is 176 Å². The second kappa shape index (κ2) is 13.2. The predicted octanol–water partition coefficient (Wildman–Crippen LogP) is 13.0. The van der Waals surface area contributed by atoms with Gasteiger partial charge in [0, 0.05) is 26.5 Å². The number of benzene rings is 8. The largest absolute Gasteiger partial charge is 0.208 e. The molecule has 0 atom stereocenters. The summed E-state index contributed by atoms with van der Waals surface area (Å²) in [6.07, 6.45) is 0. The van der Waals surface area contributed by atoms with Crippen molar-refractivity contribution in [3.63, 3.8) is 0 Å². The molecule has 0 bridgehead atoms. The molecular formula is C52H33N3S. The van der Waals surface area contributed by atoms with Gasteiger partial charge < -0.3 is 0 Å². The third-order valence-corrected chi connectivity index (χ3v) is 12.3. The van der Waals surface area contributed by atoms with E-state index in [1.807, 2.05) is 36.0 Å². The first kappa shape index (κ1) is 32.5. The Kier molecular flexibility index (Phi) is 7.64. The quantitative estimate of drug-likeness (QED) is 0.177. The number of nitrogens with zero attached hydrogens (tertiary/aromatic N) is 3. The van der Waals surface area contributed by atoms with E-state index in [1.165, 1.54) is 43.2 Å². The summed E-state index contributed by atoms with van der Waals surface area (Å²) in [5, 5.41) is 0. The van der Waals surface area contributed by atoms with Gasteiger partial charge in [0.1, 0.15) is 0 Å². The van der Waals surface area contributed by atoms with Gasteiger partial charge in [-0.3, -0.25) is 0 Å². The second-order valence-corrected chi connectivity index (χ2v) is 15.4. The van der Waals surface area contributed by atoms with Crippen molar-refractivity contribution in [3.8, 4) is 67.5 Å². The van der Waals surface area contributed by atoms with Crippen LogP contribution in [0.1, 0.15) is 22.3 Å². The molecule has 1 aliphatic carbocycles. The third-order valence-electron chi connectivity index (χ3n) is 11.2. The molecule has 3 nitrogen and oxygen atoms in total. The first-order chi connectivity index (χ1) is 27.7. The van der Waals surface area contributed by atoms with Crippen LogP contribution in [0.2, 0.25) is 0 Å². The molecule has 9 aromatic rings. The van der Waals surface area contributed by atoms with Gasteiger partial charge in [0.15, 0.2) is 17.5 Å². The summed E-state index contributed by atoms with van der Waals surface area (Å²) in [5.41, 5.74) is 15.0. The monoisotopic (exact) mass is 731 g/mol. The minimum atomic E-state index is -0.391. The maximum Gasteiger partial charge on any atom is 0.164 e. The Labute approximate surface area is 330 Å². The fourth-order valence-corrected chi connectivity index (χ4v) is 9.93. The summed E-state index contributed by atoms with van der Waals surface area (Å²) in [6.45, 7) is 0. The van der Waals surface area contributed by atoms with E-state index >= 15 is 0 Å². The van der Waals surface area contributed by atoms with Crippen LogP contribution in [0, 0.1) is 0 Å². The van der Waals surface area contributed by atoms with Crippen LogP contribution in [0.5, 0.6) is 0 Å². The lowest BCUT2D eigenvalue weighted by atomic mass is 9.67. The van der Waals surface area contributed by atoms with E-state index in [9.17, 15) is 0 Å². The smallest absolute Gasteiger partial charge is 0.164 e. The molecule has 0 fully saturated rings. The second-order valence-electron chi connectivity index (χ2n) is 14.4. The number of rotatable bonds is 5. The maximum atomic E-state index is 5.13. The van der Waals surface area contributed by atoms with Gasteiger partial charge in [0.2, 0.25) is 0 Å². The molecule has 262 valence electrons. The lowest BCUT2D eigenvalue weighted by molar-refractivity contribution is 0.722. The molecule has 1 aliphatic heterocycles. The Balaban J connectivity index is 1.04. The van der Waals surface area contributed by atoms with Gasteiger partial charge in [0.25, 0.3) is 0 Å². The number of hydrogen-bond donors (Lipinski definition) is 0. The van der Waals surface area contributed by atoms with E-state index in [-0.39, 0.29) is 0 Å². The van der Waals surface area contributed by atoms with E-state index in [0.717, 1.165) is 38.9 Å². The molecule has 1 aromatic heterocycles. The Hall–Kier alpha value is -6.88. The van der Waals surface area contributed by atoms with Crippen LogP contribution < -0.4 is 0 Å². The average Bonchev–Trinajstić information content (AvgIpc) is 3.57. The fourth-order valence-electron chi connectivity index (χ4n) is 8.70. The normalized spacial score (nSPS) is 13.1. The summed E-state index contributed by atoms with van der Waals surface area (Å²) < 4.78 is 0. The molecule has 0 saturated carbocycles. The van der Waals surface area contributed by atoms with Crippen molar-refractivity contribution in [2.45, 2.75) is 15.2 Å². The van der Waals surface area contributed by atoms with Crippen molar-refractivity contribution < 1.29 is 0 Å². The highest BCUT2D eigenvalue weighted by atomic mass is 32.2. The Bertz CT molecular complexity index is 2910. The van der Waals surface area contributed by atoms with E-state index in [0.29, 0.717) is 17.5 Å². The first-order valence-corrected chi connectivity index (χ1v) is 19.8. The molecule has 4 heteroatoms. The summed E-state index contributed by atoms with van der Waals surface area (Å²) in [6, 6.07) is 71.5. The van der Waals surface area contributed by atoms with Gasteiger partial charge >= 0.3 is 0 Å². The topological polar surface area (TPSA) is 38.7 Å². The molecule has 0 amide bonds. The van der Waals surface area contributed by atoms with Crippen LogP contribution >= 0.6 is 11.8 Å². The number of hydrogen-bond acceptors (Lipinski definition) is 4. The van der Waals surface area contributed by atoms with Crippen LogP contribution in [0.4, 0.5) is 0 Å². The molecule has 0 N–H and O–H groups in total. The molecule has 0 radical (unpaired) electrons. The van der Waals surface area contributed by atoms with Gasteiger partial charge in [0.05, 0.1) is 5.41 Å². The van der Waals surface area contributed by atoms with Crippen LogP contribution in [-0.4, -0.2) is 15.0 Å². The average molecular weight is 732 g/mol. The van der Waals surface area contributed by atoms with Crippen LogP contribution in [0.25, 0.3) is 67.5 Å². The van der Waals surface area contributed by atoms with Gasteiger partial charge in [-0.15, -0.1) is 0 Å². The van der Waals surface area contributed by atoms with Crippen LogP contribution in [0.3, 0.4) is 0 Å². The predicted molar refractivity (Wildman–Crippen MR) is 228 cm³/mol. The molecule has 0 unspecified atom stereocenters. The van der Waals surface area contributed by atoms with Crippen molar-refractivity contribution in [2.75, 3.05) is 0 Å². The molecule has 2 aliphatic rings. The highest BCUT2D eigenvalue weighted by Crippen LogP contribution is 2.62. The highest BCUT2D eigenvalue weighted by Gasteiger charge is 2.50. The van der Waals surface area contributed by atoms with E-state index < -0.39 is 5.41 Å². The van der Waals surface area contributed by atoms with Gasteiger partial charge in [-0.05, 0) is 79.9 Å². The van der Waals surface area contributed by atoms with Crippen molar-refractivity contribution >= 4 is 11.8 Å². The van der Waals surface area contributed by atoms with Gasteiger partial charge in [-0.25, -0.2) is 15.0 Å². The van der Waals surface area contributed by atoms with Crippen LogP contribution in [-0.2, 0) is 5.41 Å². The van der Waals surface area contributed by atoms with Gasteiger partial charge in [-0.1, -0.05) is 188 Å². The lowest BCUT2D eigenvalue weighted by Crippen LogP contribution is -2.31. The molecular weight excluding hydrogens is 699 g/mol. The summed E-state index contributed by atoms with van der Waals surface area (Å²) in [7, 11) is 0. The summed E-state index contributed by atoms with van der Waals surface area (Å²) >= 11 is 1.87. The van der Waals surface area contributed by atoms with E-state index in [4.69, 9.17) is 15.0 Å². The van der Waals surface area contributed by atoms with Crippen molar-refractivity contribution in [3.05, 3.63) is 222 Å². The van der Waals surface area contributed by atoms with Crippen molar-refractivity contribution in [1.82, 2.24) is 15.0 Å². The maximum absolute atomic E-state index is 5.13. The molecule has 1 spiro atoms. The van der Waals surface area contributed by atoms with Gasteiger partial charge in [-0.2, -0.15) is 0 Å². The van der Waals surface area contributed by atoms with Crippen LogP contribution in [0.15, 0.2) is 210 Å². The molecule has 2 heterocycles. The molecule has 0 saturated heterocycles. The minimum Gasteiger partial charge on any atom is -0.208 e. The zero-order valence-electron chi connectivity index (χ0n) is 30.3. The minimum absolute atomic E-state index is 0.391. The zero-order valence-corrected chi connectivity index (χ0v) is 31.1. The zero-order chi connectivity index (χ0) is 37.1. The Morgan fingerprint density at radius 1 is 0.286 bits per heavy atom. The van der Waals surface area contributed by atoms with E-state index in [1.54, 1.807) is 0 Å². The molecule has 8 aromatic carbocycles. The first-order valence-electron chi connectivity index (χ1n) is 18.9. The number of fused-ring (bicyclic) bond motifs is 9. The Morgan fingerprint density at radius 3 is 1.34 bits per heavy atom. The summed E-state index contributed by atoms with van der Waals surface area (Å²) in [5.74, 6) is 1.93.